The van der Waals surface area contributed by atoms with Gasteiger partial charge in [-0.2, -0.15) is 0 Å². The van der Waals surface area contributed by atoms with Gasteiger partial charge in [0.25, 0.3) is 0 Å². The zero-order valence-electron chi connectivity index (χ0n) is 13.0. The smallest absolute Gasteiger partial charge is 0.324 e. The molecule has 0 bridgehead atoms. The molecule has 0 aromatic carbocycles. The second kappa shape index (κ2) is 7.85. The van der Waals surface area contributed by atoms with Crippen LogP contribution in [0.3, 0.4) is 0 Å². The van der Waals surface area contributed by atoms with Crippen LogP contribution in [0.2, 0.25) is 0 Å². The van der Waals surface area contributed by atoms with Crippen LogP contribution in [0.25, 0.3) is 0 Å². The average molecular weight is 270 g/mol. The van der Waals surface area contributed by atoms with E-state index < -0.39 is 0 Å². The van der Waals surface area contributed by atoms with Crippen molar-refractivity contribution in [2.75, 3.05) is 32.8 Å². The molecule has 1 fully saturated rings. The number of likely N-dealkylation sites (tertiary alicyclic amines) is 1. The lowest BCUT2D eigenvalue weighted by molar-refractivity contribution is -0.146. The predicted octanol–water partition coefficient (Wildman–Crippen LogP) is 2.04. The molecule has 1 rings (SSSR count). The third-order valence-electron chi connectivity index (χ3n) is 3.90. The molecule has 112 valence electrons. The van der Waals surface area contributed by atoms with Crippen LogP contribution in [0.15, 0.2) is 0 Å². The van der Waals surface area contributed by atoms with Gasteiger partial charge in [0.2, 0.25) is 0 Å². The number of hydrogen-bond donors (Lipinski definition) is 1. The lowest BCUT2D eigenvalue weighted by atomic mass is 9.85. The fourth-order valence-electron chi connectivity index (χ4n) is 2.63. The lowest BCUT2D eigenvalue weighted by Crippen LogP contribution is -2.47. The number of ether oxygens (including phenoxy) is 1. The topological polar surface area (TPSA) is 41.6 Å². The van der Waals surface area contributed by atoms with Crippen LogP contribution in [0.1, 0.15) is 47.0 Å². The van der Waals surface area contributed by atoms with Gasteiger partial charge in [0.1, 0.15) is 6.04 Å². The Bertz CT molecular complexity index is 279. The third-order valence-corrected chi connectivity index (χ3v) is 3.90. The van der Waals surface area contributed by atoms with Crippen LogP contribution < -0.4 is 5.32 Å². The van der Waals surface area contributed by atoms with Crippen molar-refractivity contribution in [1.29, 1.82) is 0 Å². The zero-order chi connectivity index (χ0) is 14.3. The van der Waals surface area contributed by atoms with Gasteiger partial charge in [-0.3, -0.25) is 4.79 Å². The lowest BCUT2D eigenvalue weighted by Gasteiger charge is -2.26. The van der Waals surface area contributed by atoms with Crippen molar-refractivity contribution in [3.8, 4) is 0 Å². The highest BCUT2D eigenvalue weighted by molar-refractivity contribution is 5.76. The summed E-state index contributed by atoms with van der Waals surface area (Å²) in [5.74, 6) is -0.118. The number of rotatable bonds is 6. The first-order valence-electron chi connectivity index (χ1n) is 7.61. The van der Waals surface area contributed by atoms with Crippen molar-refractivity contribution in [3.63, 3.8) is 0 Å². The fraction of sp³-hybridized carbons (Fsp3) is 0.933. The van der Waals surface area contributed by atoms with Gasteiger partial charge in [0.15, 0.2) is 0 Å². The van der Waals surface area contributed by atoms with Gasteiger partial charge in [-0.1, -0.05) is 20.8 Å². The van der Waals surface area contributed by atoms with E-state index in [0.717, 1.165) is 26.2 Å². The molecule has 1 N–H and O–H groups in total. The predicted molar refractivity (Wildman–Crippen MR) is 78.2 cm³/mol. The fourth-order valence-corrected chi connectivity index (χ4v) is 2.63. The van der Waals surface area contributed by atoms with E-state index in [1.54, 1.807) is 0 Å². The molecule has 0 aromatic heterocycles. The van der Waals surface area contributed by atoms with Crippen LogP contribution in [-0.2, 0) is 9.53 Å². The standard InChI is InChI=1S/C15H30N2O2/c1-5-16-13(14(18)19-6-2)12-17-10-7-8-15(3,4)9-11-17/h13,16H,5-12H2,1-4H3. The number of nitrogens with one attached hydrogen (secondary N) is 1. The monoisotopic (exact) mass is 270 g/mol. The molecule has 19 heavy (non-hydrogen) atoms. The first kappa shape index (κ1) is 16.4. The van der Waals surface area contributed by atoms with Gasteiger partial charge in [-0.25, -0.2) is 0 Å². The van der Waals surface area contributed by atoms with E-state index in [1.807, 2.05) is 13.8 Å². The van der Waals surface area contributed by atoms with E-state index in [4.69, 9.17) is 4.74 Å². The molecular formula is C15H30N2O2. The van der Waals surface area contributed by atoms with E-state index in [-0.39, 0.29) is 12.0 Å². The molecule has 0 aromatic rings. The number of likely N-dealkylation sites (N-methyl/N-ethyl adjacent to an activating group) is 1. The van der Waals surface area contributed by atoms with E-state index in [1.165, 1.54) is 19.3 Å². The van der Waals surface area contributed by atoms with E-state index in [2.05, 4.69) is 24.1 Å². The molecule has 1 atom stereocenters. The third kappa shape index (κ3) is 5.91. The Labute approximate surface area is 117 Å². The first-order chi connectivity index (χ1) is 8.98. The maximum Gasteiger partial charge on any atom is 0.324 e. The molecule has 0 spiro atoms. The Hall–Kier alpha value is -0.610. The van der Waals surface area contributed by atoms with E-state index in [0.29, 0.717) is 12.0 Å². The molecule has 0 amide bonds. The van der Waals surface area contributed by atoms with Crippen LogP contribution in [0.5, 0.6) is 0 Å². The molecule has 4 heteroatoms. The Morgan fingerprint density at radius 1 is 1.32 bits per heavy atom. The quantitative estimate of drug-likeness (QED) is 0.750. The first-order valence-corrected chi connectivity index (χ1v) is 7.61. The Morgan fingerprint density at radius 2 is 2.05 bits per heavy atom. The van der Waals surface area contributed by atoms with Crippen LogP contribution >= 0.6 is 0 Å². The molecular weight excluding hydrogens is 240 g/mol. The number of hydrogen-bond acceptors (Lipinski definition) is 4. The molecule has 1 saturated heterocycles. The van der Waals surface area contributed by atoms with Crippen molar-refractivity contribution in [2.45, 2.75) is 53.0 Å². The molecule has 0 saturated carbocycles. The largest absolute Gasteiger partial charge is 0.465 e. The van der Waals surface area contributed by atoms with E-state index in [9.17, 15) is 4.79 Å². The van der Waals surface area contributed by atoms with Gasteiger partial charge in [-0.15, -0.1) is 0 Å². The van der Waals surface area contributed by atoms with Crippen molar-refractivity contribution >= 4 is 5.97 Å². The molecule has 1 unspecified atom stereocenters. The minimum absolute atomic E-state index is 0.118. The summed E-state index contributed by atoms with van der Waals surface area (Å²) in [7, 11) is 0. The highest BCUT2D eigenvalue weighted by atomic mass is 16.5. The number of esters is 1. The summed E-state index contributed by atoms with van der Waals surface area (Å²) in [6.45, 7) is 12.7. The van der Waals surface area contributed by atoms with Crippen molar-refractivity contribution in [1.82, 2.24) is 10.2 Å². The van der Waals surface area contributed by atoms with Crippen LogP contribution in [-0.4, -0.2) is 49.7 Å². The maximum atomic E-state index is 11.9. The minimum Gasteiger partial charge on any atom is -0.465 e. The Morgan fingerprint density at radius 3 is 2.68 bits per heavy atom. The van der Waals surface area contributed by atoms with Gasteiger partial charge >= 0.3 is 5.97 Å². The second-order valence-corrected chi connectivity index (χ2v) is 6.18. The Balaban J connectivity index is 2.51. The molecule has 4 nitrogen and oxygen atoms in total. The van der Waals surface area contributed by atoms with Gasteiger partial charge in [0, 0.05) is 6.54 Å². The summed E-state index contributed by atoms with van der Waals surface area (Å²) in [6.07, 6.45) is 3.69. The number of carbonyl (C=O) groups is 1. The van der Waals surface area contributed by atoms with Crippen molar-refractivity contribution in [3.05, 3.63) is 0 Å². The number of carbonyl (C=O) groups excluding carboxylic acids is 1. The molecule has 1 aliphatic heterocycles. The summed E-state index contributed by atoms with van der Waals surface area (Å²) in [5.41, 5.74) is 0.437. The highest BCUT2D eigenvalue weighted by Gasteiger charge is 2.26. The maximum absolute atomic E-state index is 11.9. The SMILES string of the molecule is CCNC(CN1CCCC(C)(C)CC1)C(=O)OCC. The Kier molecular flexibility index (Phi) is 6.80. The van der Waals surface area contributed by atoms with Crippen LogP contribution in [0.4, 0.5) is 0 Å². The average Bonchev–Trinajstić information content (AvgIpc) is 2.51. The normalized spacial score (nSPS) is 21.7. The molecule has 0 radical (unpaired) electrons. The summed E-state index contributed by atoms with van der Waals surface area (Å²) in [4.78, 5) is 14.3. The summed E-state index contributed by atoms with van der Waals surface area (Å²) < 4.78 is 5.14. The molecule has 0 aliphatic carbocycles. The molecule has 1 heterocycles. The van der Waals surface area contributed by atoms with Crippen molar-refractivity contribution < 1.29 is 9.53 Å². The number of nitrogens with zero attached hydrogens (tertiary/aromatic N) is 1. The summed E-state index contributed by atoms with van der Waals surface area (Å²) >= 11 is 0. The zero-order valence-corrected chi connectivity index (χ0v) is 13.0. The van der Waals surface area contributed by atoms with Crippen LogP contribution in [0, 0.1) is 5.41 Å². The molecule has 1 aliphatic rings. The minimum atomic E-state index is -0.189. The highest BCUT2D eigenvalue weighted by Crippen LogP contribution is 2.29. The van der Waals surface area contributed by atoms with Gasteiger partial charge in [-0.05, 0) is 51.2 Å². The van der Waals surface area contributed by atoms with Crippen molar-refractivity contribution in [2.24, 2.45) is 5.41 Å². The second-order valence-electron chi connectivity index (χ2n) is 6.18. The van der Waals surface area contributed by atoms with Gasteiger partial charge in [0.05, 0.1) is 6.61 Å². The summed E-state index contributed by atoms with van der Waals surface area (Å²) in [6, 6.07) is -0.189. The summed E-state index contributed by atoms with van der Waals surface area (Å²) in [5, 5.41) is 3.24. The van der Waals surface area contributed by atoms with Gasteiger partial charge < -0.3 is 15.0 Å². The van der Waals surface area contributed by atoms with E-state index >= 15 is 0 Å².